The van der Waals surface area contributed by atoms with E-state index in [0.717, 1.165) is 18.7 Å². The molecule has 1 N–H and O–H groups in total. The van der Waals surface area contributed by atoms with E-state index >= 15 is 0 Å². The van der Waals surface area contributed by atoms with Gasteiger partial charge in [0, 0.05) is 12.2 Å². The standard InChI is InChI=1S/C19H25NO/c1-5-15(3)21-18-11-9-17(10-12-18)13-20-19-8-6-7-14(2)16(19)4/h6-12,15,20H,5,13H2,1-4H3. The van der Waals surface area contributed by atoms with Gasteiger partial charge in [-0.25, -0.2) is 0 Å². The molecule has 2 aromatic rings. The Labute approximate surface area is 128 Å². The first kappa shape index (κ1) is 15.4. The van der Waals surface area contributed by atoms with Gasteiger partial charge in [-0.15, -0.1) is 0 Å². The second kappa shape index (κ2) is 7.16. The fourth-order valence-electron chi connectivity index (χ4n) is 2.14. The fourth-order valence-corrected chi connectivity index (χ4v) is 2.14. The third kappa shape index (κ3) is 4.25. The molecule has 0 amide bonds. The molecule has 0 saturated heterocycles. The van der Waals surface area contributed by atoms with E-state index in [1.807, 2.05) is 12.1 Å². The molecule has 2 rings (SSSR count). The van der Waals surface area contributed by atoms with E-state index in [4.69, 9.17) is 4.74 Å². The van der Waals surface area contributed by atoms with Crippen LogP contribution >= 0.6 is 0 Å². The summed E-state index contributed by atoms with van der Waals surface area (Å²) in [6.07, 6.45) is 1.29. The van der Waals surface area contributed by atoms with Crippen molar-refractivity contribution in [2.45, 2.75) is 46.8 Å². The molecular formula is C19H25NO. The molecule has 21 heavy (non-hydrogen) atoms. The van der Waals surface area contributed by atoms with Crippen LogP contribution in [0.25, 0.3) is 0 Å². The summed E-state index contributed by atoms with van der Waals surface area (Å²) >= 11 is 0. The van der Waals surface area contributed by atoms with E-state index in [9.17, 15) is 0 Å². The van der Waals surface area contributed by atoms with Gasteiger partial charge in [0.2, 0.25) is 0 Å². The predicted octanol–water partition coefficient (Wildman–Crippen LogP) is 5.09. The molecule has 0 bridgehead atoms. The highest BCUT2D eigenvalue weighted by atomic mass is 16.5. The summed E-state index contributed by atoms with van der Waals surface area (Å²) in [6, 6.07) is 14.7. The van der Waals surface area contributed by atoms with Gasteiger partial charge in [-0.05, 0) is 62.1 Å². The molecule has 0 radical (unpaired) electrons. The molecule has 0 aliphatic heterocycles. The van der Waals surface area contributed by atoms with Gasteiger partial charge in [0.1, 0.15) is 5.75 Å². The van der Waals surface area contributed by atoms with Crippen molar-refractivity contribution < 1.29 is 4.74 Å². The average Bonchev–Trinajstić information content (AvgIpc) is 2.50. The number of hydrogen-bond acceptors (Lipinski definition) is 2. The van der Waals surface area contributed by atoms with E-state index in [1.165, 1.54) is 22.4 Å². The van der Waals surface area contributed by atoms with E-state index in [0.29, 0.717) is 0 Å². The molecule has 2 aromatic carbocycles. The summed E-state index contributed by atoms with van der Waals surface area (Å²) in [4.78, 5) is 0. The Balaban J connectivity index is 1.96. The van der Waals surface area contributed by atoms with Crippen LogP contribution in [0.2, 0.25) is 0 Å². The molecule has 2 nitrogen and oxygen atoms in total. The van der Waals surface area contributed by atoms with Crippen molar-refractivity contribution in [3.05, 3.63) is 59.2 Å². The van der Waals surface area contributed by atoms with Crippen LogP contribution < -0.4 is 10.1 Å². The fraction of sp³-hybridized carbons (Fsp3) is 0.368. The molecule has 0 aliphatic rings. The van der Waals surface area contributed by atoms with E-state index in [2.05, 4.69) is 63.3 Å². The van der Waals surface area contributed by atoms with Crippen LogP contribution in [0, 0.1) is 13.8 Å². The molecule has 1 unspecified atom stereocenters. The summed E-state index contributed by atoms with van der Waals surface area (Å²) in [5.41, 5.74) is 5.09. The van der Waals surface area contributed by atoms with Crippen LogP contribution in [-0.4, -0.2) is 6.10 Å². The Morgan fingerprint density at radius 1 is 1.05 bits per heavy atom. The van der Waals surface area contributed by atoms with Crippen LogP contribution in [0.5, 0.6) is 5.75 Å². The maximum Gasteiger partial charge on any atom is 0.119 e. The maximum atomic E-state index is 5.80. The lowest BCUT2D eigenvalue weighted by Crippen LogP contribution is -2.09. The first-order valence-corrected chi connectivity index (χ1v) is 7.66. The molecule has 0 spiro atoms. The van der Waals surface area contributed by atoms with Crippen molar-refractivity contribution >= 4 is 5.69 Å². The van der Waals surface area contributed by atoms with Gasteiger partial charge in [0.25, 0.3) is 0 Å². The van der Waals surface area contributed by atoms with Crippen LogP contribution in [0.3, 0.4) is 0 Å². The van der Waals surface area contributed by atoms with Gasteiger partial charge in [-0.1, -0.05) is 31.2 Å². The molecule has 0 aliphatic carbocycles. The summed E-state index contributed by atoms with van der Waals surface area (Å²) in [7, 11) is 0. The lowest BCUT2D eigenvalue weighted by Gasteiger charge is -2.14. The highest BCUT2D eigenvalue weighted by molar-refractivity contribution is 5.53. The Kier molecular flexibility index (Phi) is 5.26. The topological polar surface area (TPSA) is 21.3 Å². The van der Waals surface area contributed by atoms with Crippen molar-refractivity contribution in [1.82, 2.24) is 0 Å². The lowest BCUT2D eigenvalue weighted by molar-refractivity contribution is 0.217. The normalized spacial score (nSPS) is 12.0. The zero-order chi connectivity index (χ0) is 15.2. The molecule has 2 heteroatoms. The largest absolute Gasteiger partial charge is 0.491 e. The molecule has 1 atom stereocenters. The second-order valence-electron chi connectivity index (χ2n) is 5.58. The van der Waals surface area contributed by atoms with E-state index < -0.39 is 0 Å². The summed E-state index contributed by atoms with van der Waals surface area (Å²) in [5, 5.41) is 3.50. The van der Waals surface area contributed by atoms with Crippen LogP contribution in [0.4, 0.5) is 5.69 Å². The number of aryl methyl sites for hydroxylation is 1. The number of benzene rings is 2. The van der Waals surface area contributed by atoms with E-state index in [1.54, 1.807) is 0 Å². The first-order chi connectivity index (χ1) is 10.1. The quantitative estimate of drug-likeness (QED) is 0.797. The Morgan fingerprint density at radius 3 is 2.43 bits per heavy atom. The summed E-state index contributed by atoms with van der Waals surface area (Å²) in [6.45, 7) is 9.35. The number of hydrogen-bond donors (Lipinski definition) is 1. The summed E-state index contributed by atoms with van der Waals surface area (Å²) < 4.78 is 5.80. The van der Waals surface area contributed by atoms with Crippen LogP contribution in [0.15, 0.2) is 42.5 Å². The number of rotatable bonds is 6. The van der Waals surface area contributed by atoms with Crippen molar-refractivity contribution in [1.29, 1.82) is 0 Å². The summed E-state index contributed by atoms with van der Waals surface area (Å²) in [5.74, 6) is 0.944. The Morgan fingerprint density at radius 2 is 1.76 bits per heavy atom. The highest BCUT2D eigenvalue weighted by Gasteiger charge is 2.02. The van der Waals surface area contributed by atoms with Gasteiger partial charge in [-0.2, -0.15) is 0 Å². The first-order valence-electron chi connectivity index (χ1n) is 7.66. The van der Waals surface area contributed by atoms with Crippen LogP contribution in [-0.2, 0) is 6.54 Å². The van der Waals surface area contributed by atoms with Crippen molar-refractivity contribution in [3.8, 4) is 5.75 Å². The average molecular weight is 283 g/mol. The second-order valence-corrected chi connectivity index (χ2v) is 5.58. The lowest BCUT2D eigenvalue weighted by atomic mass is 10.1. The predicted molar refractivity (Wildman–Crippen MR) is 90.1 cm³/mol. The maximum absolute atomic E-state index is 5.80. The van der Waals surface area contributed by atoms with Crippen molar-refractivity contribution in [2.75, 3.05) is 5.32 Å². The molecule has 0 heterocycles. The Hall–Kier alpha value is -1.96. The minimum absolute atomic E-state index is 0.268. The third-order valence-electron chi connectivity index (χ3n) is 3.92. The Bertz CT molecular complexity index is 575. The SMILES string of the molecule is CCC(C)Oc1ccc(CNc2cccc(C)c2C)cc1. The smallest absolute Gasteiger partial charge is 0.119 e. The molecular weight excluding hydrogens is 258 g/mol. The van der Waals surface area contributed by atoms with Gasteiger partial charge >= 0.3 is 0 Å². The monoisotopic (exact) mass is 283 g/mol. The number of nitrogens with one attached hydrogen (secondary N) is 1. The zero-order valence-electron chi connectivity index (χ0n) is 13.4. The molecule has 0 aromatic heterocycles. The molecule has 0 fully saturated rings. The van der Waals surface area contributed by atoms with Gasteiger partial charge in [-0.3, -0.25) is 0 Å². The zero-order valence-corrected chi connectivity index (χ0v) is 13.4. The van der Waals surface area contributed by atoms with Gasteiger partial charge in [0.05, 0.1) is 6.10 Å². The van der Waals surface area contributed by atoms with Crippen molar-refractivity contribution in [2.24, 2.45) is 0 Å². The molecule has 112 valence electrons. The number of anilines is 1. The minimum atomic E-state index is 0.268. The van der Waals surface area contributed by atoms with Crippen LogP contribution in [0.1, 0.15) is 37.0 Å². The van der Waals surface area contributed by atoms with Gasteiger partial charge in [0.15, 0.2) is 0 Å². The van der Waals surface area contributed by atoms with Crippen molar-refractivity contribution in [3.63, 3.8) is 0 Å². The van der Waals surface area contributed by atoms with E-state index in [-0.39, 0.29) is 6.10 Å². The molecule has 0 saturated carbocycles. The minimum Gasteiger partial charge on any atom is -0.491 e. The highest BCUT2D eigenvalue weighted by Crippen LogP contribution is 2.20. The third-order valence-corrected chi connectivity index (χ3v) is 3.92. The van der Waals surface area contributed by atoms with Gasteiger partial charge < -0.3 is 10.1 Å². The number of ether oxygens (including phenoxy) is 1.